The zero-order chi connectivity index (χ0) is 11.9. The van der Waals surface area contributed by atoms with E-state index in [1.807, 2.05) is 0 Å². The van der Waals surface area contributed by atoms with Crippen LogP contribution in [0.25, 0.3) is 0 Å². The molecule has 1 spiro atoms. The van der Waals surface area contributed by atoms with Crippen molar-refractivity contribution in [1.82, 2.24) is 5.32 Å². The predicted octanol–water partition coefficient (Wildman–Crippen LogP) is 2.57. The molecule has 1 saturated carbocycles. The monoisotopic (exact) mass is 230 g/mol. The summed E-state index contributed by atoms with van der Waals surface area (Å²) < 4.78 is 0. The maximum atomic E-state index is 3.62. The summed E-state index contributed by atoms with van der Waals surface area (Å²) in [7, 11) is 0. The van der Waals surface area contributed by atoms with Gasteiger partial charge < -0.3 is 10.2 Å². The van der Waals surface area contributed by atoms with E-state index in [9.17, 15) is 0 Å². The Bertz CT molecular complexity index is 392. The molecule has 1 N–H and O–H groups in total. The SMILES string of the molecule is Cc1ccc(N2CC3(CC3)CNCC2C)cc1. The predicted molar refractivity (Wildman–Crippen MR) is 72.5 cm³/mol. The van der Waals surface area contributed by atoms with E-state index in [-0.39, 0.29) is 0 Å². The third-order valence-corrected chi connectivity index (χ3v) is 4.30. The molecule has 92 valence electrons. The number of nitrogens with one attached hydrogen (secondary N) is 1. The maximum absolute atomic E-state index is 3.62. The minimum atomic E-state index is 0.579. The summed E-state index contributed by atoms with van der Waals surface area (Å²) >= 11 is 0. The van der Waals surface area contributed by atoms with Crippen LogP contribution < -0.4 is 10.2 Å². The van der Waals surface area contributed by atoms with Crippen LogP contribution in [0.2, 0.25) is 0 Å². The Morgan fingerprint density at radius 2 is 1.94 bits per heavy atom. The van der Waals surface area contributed by atoms with E-state index in [1.165, 1.54) is 37.2 Å². The average Bonchev–Trinajstić information content (AvgIpc) is 3.09. The van der Waals surface area contributed by atoms with Gasteiger partial charge in [-0.25, -0.2) is 0 Å². The number of aryl methyl sites for hydroxylation is 1. The first-order valence-electron chi connectivity index (χ1n) is 6.73. The van der Waals surface area contributed by atoms with Crippen molar-refractivity contribution in [3.63, 3.8) is 0 Å². The summed E-state index contributed by atoms with van der Waals surface area (Å²) in [5, 5.41) is 3.62. The topological polar surface area (TPSA) is 15.3 Å². The lowest BCUT2D eigenvalue weighted by Crippen LogP contribution is -2.38. The van der Waals surface area contributed by atoms with Crippen LogP contribution in [0.15, 0.2) is 24.3 Å². The standard InChI is InChI=1S/C15H22N2/c1-12-3-5-14(6-4-12)17-11-15(7-8-15)10-16-9-13(17)2/h3-6,13,16H,7-11H2,1-2H3. The van der Waals surface area contributed by atoms with Gasteiger partial charge in [0.2, 0.25) is 0 Å². The van der Waals surface area contributed by atoms with Crippen molar-refractivity contribution in [2.45, 2.75) is 32.7 Å². The summed E-state index contributed by atoms with van der Waals surface area (Å²) in [5.41, 5.74) is 3.31. The van der Waals surface area contributed by atoms with E-state index in [2.05, 4.69) is 48.3 Å². The molecule has 0 amide bonds. The summed E-state index contributed by atoms with van der Waals surface area (Å²) in [6, 6.07) is 9.58. The Labute approximate surface area is 104 Å². The van der Waals surface area contributed by atoms with Gasteiger partial charge in [0.1, 0.15) is 0 Å². The van der Waals surface area contributed by atoms with E-state index in [0.717, 1.165) is 6.54 Å². The van der Waals surface area contributed by atoms with Gasteiger partial charge in [-0.1, -0.05) is 17.7 Å². The Kier molecular flexibility index (Phi) is 2.62. The summed E-state index contributed by atoms with van der Waals surface area (Å²) in [6.07, 6.45) is 2.80. The molecule has 3 rings (SSSR count). The molecular formula is C15H22N2. The summed E-state index contributed by atoms with van der Waals surface area (Å²) in [4.78, 5) is 2.59. The van der Waals surface area contributed by atoms with Crippen molar-refractivity contribution >= 4 is 5.69 Å². The Hall–Kier alpha value is -1.02. The molecule has 1 aliphatic heterocycles. The molecule has 1 aromatic carbocycles. The number of rotatable bonds is 1. The lowest BCUT2D eigenvalue weighted by atomic mass is 10.1. The molecule has 1 atom stereocenters. The second kappa shape index (κ2) is 4.02. The molecule has 1 saturated heterocycles. The second-order valence-corrected chi connectivity index (χ2v) is 5.94. The number of anilines is 1. The number of hydrogen-bond donors (Lipinski definition) is 1. The number of benzene rings is 1. The van der Waals surface area contributed by atoms with Gasteiger partial charge in [0, 0.05) is 36.8 Å². The van der Waals surface area contributed by atoms with E-state index in [1.54, 1.807) is 0 Å². The Morgan fingerprint density at radius 1 is 1.24 bits per heavy atom. The van der Waals surface area contributed by atoms with Crippen molar-refractivity contribution in [2.24, 2.45) is 5.41 Å². The molecule has 0 radical (unpaired) electrons. The number of nitrogens with zero attached hydrogens (tertiary/aromatic N) is 1. The molecular weight excluding hydrogens is 208 g/mol. The van der Waals surface area contributed by atoms with E-state index in [0.29, 0.717) is 11.5 Å². The molecule has 2 nitrogen and oxygen atoms in total. The van der Waals surface area contributed by atoms with Gasteiger partial charge in [-0.3, -0.25) is 0 Å². The molecule has 2 heteroatoms. The first-order chi connectivity index (χ1) is 8.19. The van der Waals surface area contributed by atoms with Crippen molar-refractivity contribution < 1.29 is 0 Å². The van der Waals surface area contributed by atoms with Gasteiger partial charge >= 0.3 is 0 Å². The van der Waals surface area contributed by atoms with E-state index >= 15 is 0 Å². The molecule has 0 aromatic heterocycles. The van der Waals surface area contributed by atoms with Crippen LogP contribution in [0.1, 0.15) is 25.3 Å². The van der Waals surface area contributed by atoms with Crippen LogP contribution in [-0.4, -0.2) is 25.7 Å². The van der Waals surface area contributed by atoms with Crippen LogP contribution in [0.4, 0.5) is 5.69 Å². The van der Waals surface area contributed by atoms with Crippen molar-refractivity contribution in [2.75, 3.05) is 24.5 Å². The fraction of sp³-hybridized carbons (Fsp3) is 0.600. The van der Waals surface area contributed by atoms with E-state index < -0.39 is 0 Å². The summed E-state index contributed by atoms with van der Waals surface area (Å²) in [6.45, 7) is 8.02. The van der Waals surface area contributed by atoms with Gasteiger partial charge in [0.25, 0.3) is 0 Å². The van der Waals surface area contributed by atoms with Gasteiger partial charge in [0.05, 0.1) is 0 Å². The smallest absolute Gasteiger partial charge is 0.0386 e. The first-order valence-corrected chi connectivity index (χ1v) is 6.73. The normalized spacial score (nSPS) is 26.9. The third-order valence-electron chi connectivity index (χ3n) is 4.30. The van der Waals surface area contributed by atoms with Gasteiger partial charge in [0.15, 0.2) is 0 Å². The molecule has 2 fully saturated rings. The first kappa shape index (κ1) is 11.1. The van der Waals surface area contributed by atoms with Gasteiger partial charge in [-0.05, 0) is 38.8 Å². The third kappa shape index (κ3) is 2.19. The Morgan fingerprint density at radius 3 is 2.59 bits per heavy atom. The zero-order valence-electron chi connectivity index (χ0n) is 10.9. The highest BCUT2D eigenvalue weighted by Crippen LogP contribution is 2.47. The highest BCUT2D eigenvalue weighted by atomic mass is 15.2. The van der Waals surface area contributed by atoms with E-state index in [4.69, 9.17) is 0 Å². The van der Waals surface area contributed by atoms with Crippen LogP contribution in [0.5, 0.6) is 0 Å². The fourth-order valence-corrected chi connectivity index (χ4v) is 2.82. The van der Waals surface area contributed by atoms with Crippen LogP contribution >= 0.6 is 0 Å². The second-order valence-electron chi connectivity index (χ2n) is 5.94. The van der Waals surface area contributed by atoms with Crippen molar-refractivity contribution in [3.8, 4) is 0 Å². The summed E-state index contributed by atoms with van der Waals surface area (Å²) in [5.74, 6) is 0. The number of hydrogen-bond acceptors (Lipinski definition) is 2. The van der Waals surface area contributed by atoms with Crippen molar-refractivity contribution in [1.29, 1.82) is 0 Å². The average molecular weight is 230 g/mol. The van der Waals surface area contributed by atoms with Gasteiger partial charge in [-0.2, -0.15) is 0 Å². The lowest BCUT2D eigenvalue weighted by Gasteiger charge is -2.31. The quantitative estimate of drug-likeness (QED) is 0.797. The molecule has 1 heterocycles. The fourth-order valence-electron chi connectivity index (χ4n) is 2.82. The minimum Gasteiger partial charge on any atom is -0.367 e. The minimum absolute atomic E-state index is 0.579. The van der Waals surface area contributed by atoms with Crippen LogP contribution in [-0.2, 0) is 0 Å². The molecule has 0 bridgehead atoms. The molecule has 1 aliphatic carbocycles. The lowest BCUT2D eigenvalue weighted by molar-refractivity contribution is 0.500. The van der Waals surface area contributed by atoms with Gasteiger partial charge in [-0.15, -0.1) is 0 Å². The maximum Gasteiger partial charge on any atom is 0.0386 e. The Balaban J connectivity index is 1.85. The van der Waals surface area contributed by atoms with Crippen molar-refractivity contribution in [3.05, 3.63) is 29.8 Å². The molecule has 2 aliphatic rings. The molecule has 1 unspecified atom stereocenters. The van der Waals surface area contributed by atoms with Crippen LogP contribution in [0.3, 0.4) is 0 Å². The largest absolute Gasteiger partial charge is 0.367 e. The highest BCUT2D eigenvalue weighted by molar-refractivity contribution is 5.49. The van der Waals surface area contributed by atoms with Crippen LogP contribution in [0, 0.1) is 12.3 Å². The molecule has 17 heavy (non-hydrogen) atoms. The highest BCUT2D eigenvalue weighted by Gasteiger charge is 2.45. The zero-order valence-corrected chi connectivity index (χ0v) is 10.9. The molecule has 1 aromatic rings.